The number of carbonyl (C=O) groups is 1. The zero-order chi connectivity index (χ0) is 21.5. The standard InChI is InChI=1S/C16H18ClNO2S.C6H15NO/c1-12-15(11-19)21-16(18-12)13-5-4-6-14(8-7-13)20-10-3-2-9-17;1-4-7(2)5-6-8-3/h4-8,11,13H,2-3,9-10H2,1H3;4-6H2,1-3H3. The van der Waals surface area contributed by atoms with Crippen LogP contribution in [0.15, 0.2) is 36.1 Å². The summed E-state index contributed by atoms with van der Waals surface area (Å²) in [5, 5.41) is 0.930. The average Bonchev–Trinajstić information content (AvgIpc) is 2.95. The molecule has 1 unspecified atom stereocenters. The molecule has 1 aliphatic carbocycles. The molecule has 7 heteroatoms. The maximum Gasteiger partial charge on any atom is 0.161 e. The molecule has 1 aliphatic rings. The van der Waals surface area contributed by atoms with Gasteiger partial charge in [-0.25, -0.2) is 4.98 Å². The van der Waals surface area contributed by atoms with Crippen molar-refractivity contribution in [1.82, 2.24) is 9.88 Å². The third-order valence-corrected chi connectivity index (χ3v) is 5.75. The molecule has 5 nitrogen and oxygen atoms in total. The number of aryl methyl sites for hydroxylation is 1. The molecule has 2 rings (SSSR count). The SMILES string of the molecule is CCN(C)CCOC.Cc1nc(C2C=CC=C(OCCCCCl)C=C2)sc1C=O. The summed E-state index contributed by atoms with van der Waals surface area (Å²) in [7, 11) is 3.81. The van der Waals surface area contributed by atoms with Crippen LogP contribution in [0.25, 0.3) is 0 Å². The van der Waals surface area contributed by atoms with Crippen LogP contribution >= 0.6 is 22.9 Å². The lowest BCUT2D eigenvalue weighted by Gasteiger charge is -2.11. The van der Waals surface area contributed by atoms with Crippen LogP contribution in [0.5, 0.6) is 0 Å². The van der Waals surface area contributed by atoms with Gasteiger partial charge in [0.1, 0.15) is 10.8 Å². The predicted molar refractivity (Wildman–Crippen MR) is 122 cm³/mol. The summed E-state index contributed by atoms with van der Waals surface area (Å²) >= 11 is 7.08. The maximum absolute atomic E-state index is 10.9. The number of hydrogen-bond acceptors (Lipinski definition) is 6. The van der Waals surface area contributed by atoms with Crippen molar-refractivity contribution in [3.8, 4) is 0 Å². The first-order chi connectivity index (χ1) is 14.0. The van der Waals surface area contributed by atoms with Crippen LogP contribution < -0.4 is 0 Å². The smallest absolute Gasteiger partial charge is 0.161 e. The molecule has 0 amide bonds. The van der Waals surface area contributed by atoms with Gasteiger partial charge < -0.3 is 14.4 Å². The summed E-state index contributed by atoms with van der Waals surface area (Å²) in [6, 6.07) is 0. The van der Waals surface area contributed by atoms with Crippen molar-refractivity contribution in [2.75, 3.05) is 46.3 Å². The number of nitrogens with zero attached hydrogens (tertiary/aromatic N) is 2. The Balaban J connectivity index is 0.000000447. The molecule has 0 fully saturated rings. The molecule has 0 spiro atoms. The van der Waals surface area contributed by atoms with Gasteiger partial charge in [-0.2, -0.15) is 0 Å². The lowest BCUT2D eigenvalue weighted by Crippen LogP contribution is -2.21. The molecular formula is C22H33ClN2O3S. The number of allylic oxidation sites excluding steroid dienone is 5. The summed E-state index contributed by atoms with van der Waals surface area (Å²) < 4.78 is 10.6. The van der Waals surface area contributed by atoms with Crippen molar-refractivity contribution in [2.45, 2.75) is 32.6 Å². The van der Waals surface area contributed by atoms with E-state index < -0.39 is 0 Å². The molecule has 1 heterocycles. The van der Waals surface area contributed by atoms with Crippen molar-refractivity contribution in [3.63, 3.8) is 0 Å². The van der Waals surface area contributed by atoms with Gasteiger partial charge in [0.05, 0.1) is 23.8 Å². The zero-order valence-corrected chi connectivity index (χ0v) is 19.5. The fourth-order valence-corrected chi connectivity index (χ4v) is 3.45. The topological polar surface area (TPSA) is 51.7 Å². The van der Waals surface area contributed by atoms with Gasteiger partial charge in [-0.15, -0.1) is 22.9 Å². The Bertz CT molecular complexity index is 686. The Labute approximate surface area is 184 Å². The first kappa shape index (κ1) is 25.6. The molecule has 0 aromatic carbocycles. The van der Waals surface area contributed by atoms with E-state index >= 15 is 0 Å². The van der Waals surface area contributed by atoms with Crippen LogP contribution in [0.2, 0.25) is 0 Å². The number of aromatic nitrogens is 1. The van der Waals surface area contributed by atoms with Crippen molar-refractivity contribution in [1.29, 1.82) is 0 Å². The number of rotatable bonds is 11. The van der Waals surface area contributed by atoms with E-state index in [2.05, 4.69) is 29.9 Å². The number of unbranched alkanes of at least 4 members (excludes halogenated alkanes) is 1. The van der Waals surface area contributed by atoms with E-state index in [0.29, 0.717) is 17.4 Å². The quantitative estimate of drug-likeness (QED) is 0.276. The Kier molecular flexibility index (Phi) is 13.6. The second-order valence-corrected chi connectivity index (χ2v) is 8.03. The third-order valence-electron chi connectivity index (χ3n) is 4.30. The highest BCUT2D eigenvalue weighted by atomic mass is 35.5. The number of alkyl halides is 1. The van der Waals surface area contributed by atoms with E-state index in [0.717, 1.165) is 55.3 Å². The first-order valence-electron chi connectivity index (χ1n) is 9.91. The van der Waals surface area contributed by atoms with Gasteiger partial charge in [-0.3, -0.25) is 4.79 Å². The van der Waals surface area contributed by atoms with Gasteiger partial charge >= 0.3 is 0 Å². The highest BCUT2D eigenvalue weighted by Gasteiger charge is 2.14. The average molecular weight is 441 g/mol. The molecule has 0 radical (unpaired) electrons. The van der Waals surface area contributed by atoms with Crippen LogP contribution in [0.4, 0.5) is 0 Å². The van der Waals surface area contributed by atoms with Crippen molar-refractivity contribution in [3.05, 3.63) is 51.7 Å². The van der Waals surface area contributed by atoms with Gasteiger partial charge in [-0.1, -0.05) is 25.2 Å². The molecule has 1 atom stereocenters. The Morgan fingerprint density at radius 1 is 1.31 bits per heavy atom. The van der Waals surface area contributed by atoms with Crippen LogP contribution in [0.1, 0.15) is 46.1 Å². The van der Waals surface area contributed by atoms with E-state index in [1.54, 1.807) is 7.11 Å². The number of halogens is 1. The highest BCUT2D eigenvalue weighted by molar-refractivity contribution is 7.13. The van der Waals surface area contributed by atoms with Crippen LogP contribution in [-0.2, 0) is 9.47 Å². The number of carbonyl (C=O) groups excluding carboxylic acids is 1. The normalized spacial score (nSPS) is 15.5. The van der Waals surface area contributed by atoms with E-state index in [9.17, 15) is 4.79 Å². The summed E-state index contributed by atoms with van der Waals surface area (Å²) in [5.74, 6) is 1.60. The molecule has 1 aromatic rings. The summed E-state index contributed by atoms with van der Waals surface area (Å²) in [6.45, 7) is 7.64. The molecular weight excluding hydrogens is 408 g/mol. The molecule has 162 valence electrons. The van der Waals surface area contributed by atoms with Crippen LogP contribution in [0.3, 0.4) is 0 Å². The van der Waals surface area contributed by atoms with E-state index in [4.69, 9.17) is 21.1 Å². The minimum atomic E-state index is 0.0857. The fourth-order valence-electron chi connectivity index (χ4n) is 2.32. The second kappa shape index (κ2) is 15.4. The van der Waals surface area contributed by atoms with E-state index in [1.807, 2.05) is 31.2 Å². The number of thiazole rings is 1. The van der Waals surface area contributed by atoms with Gasteiger partial charge in [-0.05, 0) is 45.5 Å². The minimum absolute atomic E-state index is 0.0857. The molecule has 0 saturated heterocycles. The Morgan fingerprint density at radius 3 is 2.72 bits per heavy atom. The summed E-state index contributed by atoms with van der Waals surface area (Å²) in [5.41, 5.74) is 0.793. The second-order valence-electron chi connectivity index (χ2n) is 6.59. The molecule has 0 aliphatic heterocycles. The first-order valence-corrected chi connectivity index (χ1v) is 11.3. The summed E-state index contributed by atoms with van der Waals surface area (Å²) in [4.78, 5) is 18.3. The number of aldehydes is 1. The van der Waals surface area contributed by atoms with Crippen molar-refractivity contribution in [2.24, 2.45) is 0 Å². The monoisotopic (exact) mass is 440 g/mol. The number of likely N-dealkylation sites (N-methyl/N-ethyl adjacent to an activating group) is 1. The molecule has 0 bridgehead atoms. The van der Waals surface area contributed by atoms with E-state index in [-0.39, 0.29) is 5.92 Å². The molecule has 0 N–H and O–H groups in total. The van der Waals surface area contributed by atoms with E-state index in [1.165, 1.54) is 11.3 Å². The van der Waals surface area contributed by atoms with Crippen molar-refractivity contribution < 1.29 is 14.3 Å². The molecule has 29 heavy (non-hydrogen) atoms. The van der Waals surface area contributed by atoms with Gasteiger partial charge in [0.25, 0.3) is 0 Å². The number of methoxy groups -OCH3 is 1. The Hall–Kier alpha value is -1.47. The van der Waals surface area contributed by atoms with Gasteiger partial charge in [0, 0.05) is 25.5 Å². The minimum Gasteiger partial charge on any atom is -0.494 e. The lowest BCUT2D eigenvalue weighted by atomic mass is 10.1. The lowest BCUT2D eigenvalue weighted by molar-refractivity contribution is 0.112. The summed E-state index contributed by atoms with van der Waals surface area (Å²) in [6.07, 6.45) is 12.8. The third kappa shape index (κ3) is 10.2. The molecule has 0 saturated carbocycles. The number of hydrogen-bond donors (Lipinski definition) is 0. The number of ether oxygens (including phenoxy) is 2. The van der Waals surface area contributed by atoms with Crippen LogP contribution in [-0.4, -0.2) is 62.5 Å². The largest absolute Gasteiger partial charge is 0.494 e. The highest BCUT2D eigenvalue weighted by Crippen LogP contribution is 2.28. The fraction of sp³-hybridized carbons (Fsp3) is 0.545. The van der Waals surface area contributed by atoms with Gasteiger partial charge in [0.15, 0.2) is 6.29 Å². The Morgan fingerprint density at radius 2 is 2.10 bits per heavy atom. The predicted octanol–water partition coefficient (Wildman–Crippen LogP) is 4.98. The molecule has 1 aromatic heterocycles. The van der Waals surface area contributed by atoms with Gasteiger partial charge in [0.2, 0.25) is 0 Å². The maximum atomic E-state index is 10.9. The zero-order valence-electron chi connectivity index (χ0n) is 17.9. The van der Waals surface area contributed by atoms with Crippen LogP contribution in [0, 0.1) is 6.92 Å². The van der Waals surface area contributed by atoms with Crippen molar-refractivity contribution >= 4 is 29.2 Å².